The fourth-order valence-electron chi connectivity index (χ4n) is 0.897. The highest BCUT2D eigenvalue weighted by Crippen LogP contribution is 2.28. The van der Waals surface area contributed by atoms with Gasteiger partial charge in [0, 0.05) is 6.07 Å². The van der Waals surface area contributed by atoms with E-state index in [-0.39, 0.29) is 0 Å². The zero-order valence-electron chi connectivity index (χ0n) is 7.13. The molecule has 0 bridgehead atoms. The van der Waals surface area contributed by atoms with E-state index in [1.165, 1.54) is 0 Å². The number of benzene rings is 1. The molecule has 2 nitrogen and oxygen atoms in total. The first-order valence-corrected chi connectivity index (χ1v) is 4.12. The summed E-state index contributed by atoms with van der Waals surface area (Å²) < 4.78 is 10.3. The Balaban J connectivity index is 2.89. The topological polar surface area (TPSA) is 18.5 Å². The molecule has 0 aliphatic rings. The van der Waals surface area contributed by atoms with E-state index in [1.54, 1.807) is 19.2 Å². The molecule has 0 radical (unpaired) electrons. The highest BCUT2D eigenvalue weighted by molar-refractivity contribution is 6.32. The molecular weight excluding hydrogens is 176 g/mol. The van der Waals surface area contributed by atoms with Gasteiger partial charge in [0.05, 0.1) is 18.7 Å². The zero-order valence-corrected chi connectivity index (χ0v) is 7.89. The smallest absolute Gasteiger partial charge is 0.141 e. The molecule has 3 heteroatoms. The van der Waals surface area contributed by atoms with Gasteiger partial charge in [-0.05, 0) is 19.1 Å². The highest BCUT2D eigenvalue weighted by atomic mass is 35.5. The Hall–Kier alpha value is -0.890. The summed E-state index contributed by atoms with van der Waals surface area (Å²) >= 11 is 5.82. The molecule has 0 saturated heterocycles. The van der Waals surface area contributed by atoms with E-state index in [9.17, 15) is 0 Å². The third-order valence-electron chi connectivity index (χ3n) is 1.43. The van der Waals surface area contributed by atoms with Crippen molar-refractivity contribution in [3.63, 3.8) is 0 Å². The zero-order chi connectivity index (χ0) is 8.97. The van der Waals surface area contributed by atoms with Crippen molar-refractivity contribution in [2.75, 3.05) is 13.7 Å². The van der Waals surface area contributed by atoms with Crippen molar-refractivity contribution in [2.45, 2.75) is 6.92 Å². The molecule has 66 valence electrons. The molecule has 0 heterocycles. The SMILES string of the molecule is CCOc1ccc(Cl)c(OC)c1. The molecule has 0 amide bonds. The summed E-state index contributed by atoms with van der Waals surface area (Å²) in [6, 6.07) is 5.34. The average molecular weight is 187 g/mol. The van der Waals surface area contributed by atoms with Crippen molar-refractivity contribution in [1.82, 2.24) is 0 Å². The number of hydrogen-bond acceptors (Lipinski definition) is 2. The minimum atomic E-state index is 0.598. The van der Waals surface area contributed by atoms with Crippen LogP contribution in [0.4, 0.5) is 0 Å². The van der Waals surface area contributed by atoms with Gasteiger partial charge in [0.2, 0.25) is 0 Å². The van der Waals surface area contributed by atoms with E-state index in [0.29, 0.717) is 17.4 Å². The predicted octanol–water partition coefficient (Wildman–Crippen LogP) is 2.75. The van der Waals surface area contributed by atoms with E-state index in [2.05, 4.69) is 0 Å². The van der Waals surface area contributed by atoms with Crippen molar-refractivity contribution in [3.05, 3.63) is 23.2 Å². The third kappa shape index (κ3) is 2.05. The molecule has 0 saturated carbocycles. The molecular formula is C9H11ClO2. The molecule has 0 N–H and O–H groups in total. The molecule has 12 heavy (non-hydrogen) atoms. The molecule has 0 aliphatic heterocycles. The quantitative estimate of drug-likeness (QED) is 0.723. The van der Waals surface area contributed by atoms with Crippen molar-refractivity contribution in [1.29, 1.82) is 0 Å². The Morgan fingerprint density at radius 2 is 2.17 bits per heavy atom. The van der Waals surface area contributed by atoms with Crippen molar-refractivity contribution in [3.8, 4) is 11.5 Å². The van der Waals surface area contributed by atoms with Crippen LogP contribution in [0.1, 0.15) is 6.92 Å². The molecule has 0 atom stereocenters. The first-order chi connectivity index (χ1) is 5.77. The summed E-state index contributed by atoms with van der Waals surface area (Å²) in [5, 5.41) is 0.598. The van der Waals surface area contributed by atoms with Crippen LogP contribution in [0.15, 0.2) is 18.2 Å². The first kappa shape index (κ1) is 9.20. The number of hydrogen-bond donors (Lipinski definition) is 0. The summed E-state index contributed by atoms with van der Waals surface area (Å²) in [4.78, 5) is 0. The third-order valence-corrected chi connectivity index (χ3v) is 1.75. The van der Waals surface area contributed by atoms with Gasteiger partial charge < -0.3 is 9.47 Å². The van der Waals surface area contributed by atoms with E-state index in [0.717, 1.165) is 5.75 Å². The van der Waals surface area contributed by atoms with Gasteiger partial charge in [0.1, 0.15) is 11.5 Å². The molecule has 0 aromatic heterocycles. The van der Waals surface area contributed by atoms with E-state index in [4.69, 9.17) is 21.1 Å². The highest BCUT2D eigenvalue weighted by Gasteiger charge is 2.01. The van der Waals surface area contributed by atoms with E-state index < -0.39 is 0 Å². The second kappa shape index (κ2) is 4.21. The minimum absolute atomic E-state index is 0.598. The molecule has 0 fully saturated rings. The summed E-state index contributed by atoms with van der Waals surface area (Å²) in [6.45, 7) is 2.58. The van der Waals surface area contributed by atoms with Gasteiger partial charge in [-0.25, -0.2) is 0 Å². The minimum Gasteiger partial charge on any atom is -0.495 e. The molecule has 1 aromatic rings. The Morgan fingerprint density at radius 1 is 1.42 bits per heavy atom. The van der Waals surface area contributed by atoms with Crippen molar-refractivity contribution >= 4 is 11.6 Å². The molecule has 0 spiro atoms. The van der Waals surface area contributed by atoms with Crippen LogP contribution >= 0.6 is 11.6 Å². The Kier molecular flexibility index (Phi) is 3.23. The van der Waals surface area contributed by atoms with Gasteiger partial charge in [-0.2, -0.15) is 0 Å². The Bertz CT molecular complexity index is 261. The molecule has 0 aliphatic carbocycles. The number of halogens is 1. The Labute approximate surface area is 77.1 Å². The van der Waals surface area contributed by atoms with Crippen LogP contribution in [-0.4, -0.2) is 13.7 Å². The standard InChI is InChI=1S/C9H11ClO2/c1-3-12-7-4-5-8(10)9(6-7)11-2/h4-6H,3H2,1-2H3. The predicted molar refractivity (Wildman–Crippen MR) is 49.2 cm³/mol. The van der Waals surface area contributed by atoms with Crippen molar-refractivity contribution < 1.29 is 9.47 Å². The van der Waals surface area contributed by atoms with Crippen LogP contribution in [0.2, 0.25) is 5.02 Å². The maximum absolute atomic E-state index is 5.82. The molecule has 1 aromatic carbocycles. The summed E-state index contributed by atoms with van der Waals surface area (Å²) in [7, 11) is 1.58. The van der Waals surface area contributed by atoms with Gasteiger partial charge in [-0.15, -0.1) is 0 Å². The summed E-state index contributed by atoms with van der Waals surface area (Å²) in [5.74, 6) is 1.42. The van der Waals surface area contributed by atoms with Gasteiger partial charge in [0.25, 0.3) is 0 Å². The van der Waals surface area contributed by atoms with Crippen LogP contribution in [0.3, 0.4) is 0 Å². The summed E-state index contributed by atoms with van der Waals surface area (Å²) in [6.07, 6.45) is 0. The lowest BCUT2D eigenvalue weighted by Gasteiger charge is -2.06. The van der Waals surface area contributed by atoms with E-state index >= 15 is 0 Å². The molecule has 1 rings (SSSR count). The first-order valence-electron chi connectivity index (χ1n) is 3.74. The number of rotatable bonds is 3. The maximum atomic E-state index is 5.82. The lowest BCUT2D eigenvalue weighted by Crippen LogP contribution is -1.92. The lowest BCUT2D eigenvalue weighted by atomic mass is 10.3. The largest absolute Gasteiger partial charge is 0.495 e. The second-order valence-corrected chi connectivity index (χ2v) is 2.64. The fraction of sp³-hybridized carbons (Fsp3) is 0.333. The van der Waals surface area contributed by atoms with Crippen LogP contribution in [-0.2, 0) is 0 Å². The average Bonchev–Trinajstić information content (AvgIpc) is 2.09. The second-order valence-electron chi connectivity index (χ2n) is 2.23. The van der Waals surface area contributed by atoms with Crippen LogP contribution in [0.25, 0.3) is 0 Å². The fourth-order valence-corrected chi connectivity index (χ4v) is 1.09. The van der Waals surface area contributed by atoms with Crippen LogP contribution in [0.5, 0.6) is 11.5 Å². The number of methoxy groups -OCH3 is 1. The molecule has 0 unspecified atom stereocenters. The van der Waals surface area contributed by atoms with Gasteiger partial charge >= 0.3 is 0 Å². The number of ether oxygens (including phenoxy) is 2. The van der Waals surface area contributed by atoms with Crippen LogP contribution < -0.4 is 9.47 Å². The van der Waals surface area contributed by atoms with Crippen molar-refractivity contribution in [2.24, 2.45) is 0 Å². The maximum Gasteiger partial charge on any atom is 0.141 e. The van der Waals surface area contributed by atoms with Crippen LogP contribution in [0, 0.1) is 0 Å². The van der Waals surface area contributed by atoms with Gasteiger partial charge in [0.15, 0.2) is 0 Å². The normalized spacial score (nSPS) is 9.58. The monoisotopic (exact) mass is 186 g/mol. The summed E-state index contributed by atoms with van der Waals surface area (Å²) in [5.41, 5.74) is 0. The van der Waals surface area contributed by atoms with Gasteiger partial charge in [-0.3, -0.25) is 0 Å². The van der Waals surface area contributed by atoms with E-state index in [1.807, 2.05) is 13.0 Å². The lowest BCUT2D eigenvalue weighted by molar-refractivity contribution is 0.336. The Morgan fingerprint density at radius 3 is 2.75 bits per heavy atom. The van der Waals surface area contributed by atoms with Gasteiger partial charge in [-0.1, -0.05) is 11.6 Å².